The van der Waals surface area contributed by atoms with E-state index in [4.69, 9.17) is 21.7 Å². The number of nitrogens with one attached hydrogen (secondary N) is 1. The summed E-state index contributed by atoms with van der Waals surface area (Å²) in [4.78, 5) is 19.1. The van der Waals surface area contributed by atoms with E-state index in [0.717, 1.165) is 0 Å². The number of hydrogen-bond donors (Lipinski definition) is 4. The van der Waals surface area contributed by atoms with E-state index in [1.54, 1.807) is 0 Å². The number of carbonyl (C=O) groups excluding carboxylic acids is 1. The van der Waals surface area contributed by atoms with Gasteiger partial charge in [-0.05, 0) is 30.0 Å². The van der Waals surface area contributed by atoms with Crippen LogP contribution in [0.2, 0.25) is 0 Å². The number of carbonyl (C=O) groups is 1. The Morgan fingerprint density at radius 3 is 2.47 bits per heavy atom. The fraction of sp³-hybridized carbons (Fsp3) is 0.300. The van der Waals surface area contributed by atoms with Crippen molar-refractivity contribution in [2.75, 3.05) is 13.2 Å². The molecular formula is C20H21F4N7O3. The lowest BCUT2D eigenvalue weighted by Crippen LogP contribution is -2.42. The van der Waals surface area contributed by atoms with Gasteiger partial charge in [-0.15, -0.1) is 0 Å². The minimum atomic E-state index is -1.79. The Balaban J connectivity index is 2.17. The van der Waals surface area contributed by atoms with Gasteiger partial charge in [-0.2, -0.15) is 8.78 Å². The molecule has 0 aliphatic carbocycles. The van der Waals surface area contributed by atoms with Crippen molar-refractivity contribution in [1.82, 2.24) is 5.32 Å². The van der Waals surface area contributed by atoms with Crippen LogP contribution in [-0.2, 0) is 4.79 Å². The molecular weight excluding hydrogens is 462 g/mol. The number of nitrogens with zero attached hydrogens (tertiary/aromatic N) is 4. The van der Waals surface area contributed by atoms with E-state index >= 15 is 0 Å². The molecule has 0 aliphatic heterocycles. The Labute approximate surface area is 190 Å². The minimum absolute atomic E-state index is 0.00814. The number of ketones is 1. The van der Waals surface area contributed by atoms with Crippen LogP contribution in [0.1, 0.15) is 24.6 Å². The Hall–Kier alpha value is -3.87. The molecule has 0 saturated heterocycles. The van der Waals surface area contributed by atoms with Gasteiger partial charge in [-0.3, -0.25) is 15.1 Å². The number of azide groups is 1. The van der Waals surface area contributed by atoms with Gasteiger partial charge >= 0.3 is 0 Å². The molecule has 0 heterocycles. The van der Waals surface area contributed by atoms with Gasteiger partial charge in [0, 0.05) is 23.2 Å². The van der Waals surface area contributed by atoms with Crippen molar-refractivity contribution >= 4 is 17.4 Å². The molecule has 14 heteroatoms. The van der Waals surface area contributed by atoms with Crippen molar-refractivity contribution in [2.45, 2.75) is 25.1 Å². The fourth-order valence-electron chi connectivity index (χ4n) is 2.86. The highest BCUT2D eigenvalue weighted by Crippen LogP contribution is 2.26. The average Bonchev–Trinajstić information content (AvgIpc) is 2.79. The molecule has 2 atom stereocenters. The molecule has 2 aromatic rings. The van der Waals surface area contributed by atoms with E-state index in [9.17, 15) is 27.5 Å². The first-order valence-corrected chi connectivity index (χ1v) is 9.77. The monoisotopic (exact) mass is 483 g/mol. The normalized spacial score (nSPS) is 12.4. The molecule has 34 heavy (non-hydrogen) atoms. The van der Waals surface area contributed by atoms with E-state index in [2.05, 4.69) is 20.3 Å². The zero-order valence-electron chi connectivity index (χ0n) is 17.6. The van der Waals surface area contributed by atoms with Crippen LogP contribution in [0.25, 0.3) is 10.4 Å². The van der Waals surface area contributed by atoms with Crippen molar-refractivity contribution in [1.29, 1.82) is 0 Å². The number of Topliss-reactive ketones (excluding diaryl/α,β-unsaturated/α-hetero) is 1. The van der Waals surface area contributed by atoms with Gasteiger partial charge in [0.05, 0.1) is 6.04 Å². The summed E-state index contributed by atoms with van der Waals surface area (Å²) in [5.74, 6) is -9.32. The maximum absolute atomic E-state index is 13.8. The van der Waals surface area contributed by atoms with E-state index in [-0.39, 0.29) is 42.7 Å². The van der Waals surface area contributed by atoms with Gasteiger partial charge in [0.2, 0.25) is 11.6 Å². The number of benzene rings is 2. The molecule has 1 unspecified atom stereocenters. The van der Waals surface area contributed by atoms with E-state index in [1.165, 1.54) is 24.3 Å². The number of halogens is 4. The molecule has 6 N–H and O–H groups in total. The summed E-state index contributed by atoms with van der Waals surface area (Å²) >= 11 is 0. The summed E-state index contributed by atoms with van der Waals surface area (Å²) in [7, 11) is 0. The second-order valence-electron chi connectivity index (χ2n) is 6.91. The summed E-state index contributed by atoms with van der Waals surface area (Å²) in [5, 5.41) is 16.5. The third-order valence-electron chi connectivity index (χ3n) is 4.47. The molecule has 0 amide bonds. The lowest BCUT2D eigenvalue weighted by molar-refractivity contribution is -0.124. The van der Waals surface area contributed by atoms with Crippen LogP contribution < -0.4 is 21.5 Å². The SMILES string of the molecule is [N-]=[N+]=Nc1cccc(C(O)N[C@@H](CCCN=C(N)N)C(=O)COc2c(F)c(F)cc(F)c2F)c1. The summed E-state index contributed by atoms with van der Waals surface area (Å²) in [5.41, 5.74) is 19.5. The van der Waals surface area contributed by atoms with E-state index in [1.807, 2.05) is 0 Å². The number of aliphatic hydroxyl groups is 1. The lowest BCUT2D eigenvalue weighted by Gasteiger charge is -2.22. The Morgan fingerprint density at radius 1 is 1.18 bits per heavy atom. The number of aliphatic hydroxyl groups excluding tert-OH is 1. The maximum Gasteiger partial charge on any atom is 0.203 e. The largest absolute Gasteiger partial charge is 0.479 e. The Morgan fingerprint density at radius 2 is 1.85 bits per heavy atom. The minimum Gasteiger partial charge on any atom is -0.479 e. The van der Waals surface area contributed by atoms with Gasteiger partial charge < -0.3 is 21.3 Å². The zero-order valence-corrected chi connectivity index (χ0v) is 17.6. The van der Waals surface area contributed by atoms with E-state index in [0.29, 0.717) is 0 Å². The molecule has 2 rings (SSSR count). The highest BCUT2D eigenvalue weighted by molar-refractivity contribution is 5.85. The summed E-state index contributed by atoms with van der Waals surface area (Å²) in [6, 6.07) is 4.72. The predicted octanol–water partition coefficient (Wildman–Crippen LogP) is 2.84. The average molecular weight is 483 g/mol. The van der Waals surface area contributed by atoms with Crippen LogP contribution in [0, 0.1) is 23.3 Å². The molecule has 2 aromatic carbocycles. The van der Waals surface area contributed by atoms with Gasteiger partial charge in [0.1, 0.15) is 12.8 Å². The van der Waals surface area contributed by atoms with Crippen molar-refractivity contribution < 1.29 is 32.2 Å². The molecule has 0 aliphatic rings. The van der Waals surface area contributed by atoms with Crippen LogP contribution >= 0.6 is 0 Å². The Bertz CT molecular complexity index is 1080. The molecule has 0 radical (unpaired) electrons. The number of nitrogens with two attached hydrogens (primary N) is 2. The number of hydrogen-bond acceptors (Lipinski definition) is 6. The van der Waals surface area contributed by atoms with Gasteiger partial charge in [0.15, 0.2) is 29.1 Å². The van der Waals surface area contributed by atoms with Gasteiger partial charge in [-0.25, -0.2) is 8.78 Å². The number of aliphatic imine (C=N–C) groups is 1. The second kappa shape index (κ2) is 12.4. The molecule has 182 valence electrons. The quantitative estimate of drug-likeness (QED) is 0.0416. The Kier molecular flexibility index (Phi) is 9.62. The first-order chi connectivity index (χ1) is 16.1. The van der Waals surface area contributed by atoms with Crippen molar-refractivity contribution in [2.24, 2.45) is 21.6 Å². The standard InChI is InChI=1S/C20H21F4N7O3/c21-12-8-13(22)17(24)18(16(12)23)34-9-15(32)14(5-2-6-28-20(25)26)29-19(33)10-3-1-4-11(7-10)30-31-27/h1,3-4,7-8,14,19,29,33H,2,5-6,9H2,(H4,25,26,28)/t14-,19?/m0/s1. The number of ether oxygens (including phenoxy) is 1. The molecule has 0 bridgehead atoms. The smallest absolute Gasteiger partial charge is 0.203 e. The van der Waals surface area contributed by atoms with Crippen LogP contribution in [-0.4, -0.2) is 36.0 Å². The molecule has 0 saturated carbocycles. The number of guanidine groups is 1. The summed E-state index contributed by atoms with van der Waals surface area (Å²) in [6.45, 7) is -0.836. The zero-order chi connectivity index (χ0) is 25.3. The molecule has 10 nitrogen and oxygen atoms in total. The number of rotatable bonds is 12. The topological polar surface area (TPSA) is 172 Å². The molecule has 0 fully saturated rings. The van der Waals surface area contributed by atoms with Crippen LogP contribution in [0.15, 0.2) is 40.4 Å². The highest BCUT2D eigenvalue weighted by atomic mass is 19.2. The van der Waals surface area contributed by atoms with E-state index < -0.39 is 53.7 Å². The fourth-order valence-corrected chi connectivity index (χ4v) is 2.86. The van der Waals surface area contributed by atoms with Crippen molar-refractivity contribution in [3.8, 4) is 5.75 Å². The maximum atomic E-state index is 13.8. The van der Waals surface area contributed by atoms with Gasteiger partial charge in [0.25, 0.3) is 0 Å². The third-order valence-corrected chi connectivity index (χ3v) is 4.47. The second-order valence-corrected chi connectivity index (χ2v) is 6.91. The summed E-state index contributed by atoms with van der Waals surface area (Å²) in [6.07, 6.45) is -1.12. The molecule has 0 spiro atoms. The lowest BCUT2D eigenvalue weighted by atomic mass is 10.1. The van der Waals surface area contributed by atoms with Crippen molar-refractivity contribution in [3.05, 3.63) is 69.6 Å². The van der Waals surface area contributed by atoms with Crippen LogP contribution in [0.4, 0.5) is 23.2 Å². The first kappa shape index (κ1) is 26.4. The highest BCUT2D eigenvalue weighted by Gasteiger charge is 2.25. The molecule has 0 aromatic heterocycles. The summed E-state index contributed by atoms with van der Waals surface area (Å²) < 4.78 is 59.1. The van der Waals surface area contributed by atoms with Crippen LogP contribution in [0.3, 0.4) is 0 Å². The predicted molar refractivity (Wildman–Crippen MR) is 114 cm³/mol. The van der Waals surface area contributed by atoms with Crippen molar-refractivity contribution in [3.63, 3.8) is 0 Å². The first-order valence-electron chi connectivity index (χ1n) is 9.77. The van der Waals surface area contributed by atoms with Crippen LogP contribution in [0.5, 0.6) is 5.75 Å². The third kappa shape index (κ3) is 7.33. The van der Waals surface area contributed by atoms with Gasteiger partial charge in [-0.1, -0.05) is 23.3 Å².